The van der Waals surface area contributed by atoms with Gasteiger partial charge in [0.25, 0.3) is 0 Å². The van der Waals surface area contributed by atoms with Crippen LogP contribution in [0.25, 0.3) is 0 Å². The molecule has 1 N–H and O–H groups in total. The van der Waals surface area contributed by atoms with Crippen LogP contribution in [0.5, 0.6) is 5.75 Å². The predicted molar refractivity (Wildman–Crippen MR) is 132 cm³/mol. The third-order valence-electron chi connectivity index (χ3n) is 7.24. The van der Waals surface area contributed by atoms with Gasteiger partial charge in [0.1, 0.15) is 12.4 Å². The van der Waals surface area contributed by atoms with Crippen LogP contribution in [0.4, 0.5) is 0 Å². The summed E-state index contributed by atoms with van der Waals surface area (Å²) in [7, 11) is 2.18. The molecule has 2 aliphatic rings. The Morgan fingerprint density at radius 2 is 1.78 bits per heavy atom. The number of hydrogen-bond acceptors (Lipinski definition) is 4. The van der Waals surface area contributed by atoms with Crippen LogP contribution in [0.3, 0.4) is 0 Å². The van der Waals surface area contributed by atoms with Gasteiger partial charge in [-0.1, -0.05) is 66.8 Å². The summed E-state index contributed by atoms with van der Waals surface area (Å²) in [6.07, 6.45) is 5.15. The maximum Gasteiger partial charge on any atom is 0.138 e. The molecule has 1 saturated heterocycles. The van der Waals surface area contributed by atoms with Gasteiger partial charge in [-0.2, -0.15) is 0 Å². The molecule has 0 bridgehead atoms. The van der Waals surface area contributed by atoms with E-state index in [0.717, 1.165) is 69.5 Å². The standard InChI is InChI=1S/C27H37ClN2O2/c1-21-7-6-8-22(17-21)20-32-26-10-9-23(18-25(26)28)24(27(31)11-4-3-5-12-27)19-30-15-13-29(2)14-16-30/h6-10,17-18,24,31H,3-5,11-16,19-20H2,1-2H3. The van der Waals surface area contributed by atoms with E-state index >= 15 is 0 Å². The normalized spacial score (nSPS) is 20.8. The number of piperazine rings is 1. The van der Waals surface area contributed by atoms with Crippen LogP contribution in [0, 0.1) is 6.92 Å². The average molecular weight is 457 g/mol. The second-order valence-electron chi connectivity index (χ2n) is 9.79. The number of nitrogens with zero attached hydrogens (tertiary/aromatic N) is 2. The largest absolute Gasteiger partial charge is 0.487 e. The van der Waals surface area contributed by atoms with Crippen LogP contribution in [0.1, 0.15) is 54.7 Å². The average Bonchev–Trinajstić information content (AvgIpc) is 2.78. The van der Waals surface area contributed by atoms with Crippen molar-refractivity contribution < 1.29 is 9.84 Å². The Hall–Kier alpha value is -1.59. The Morgan fingerprint density at radius 1 is 1.03 bits per heavy atom. The summed E-state index contributed by atoms with van der Waals surface area (Å²) in [5.74, 6) is 0.764. The SMILES string of the molecule is Cc1cccc(COc2ccc(C(CN3CCN(C)CC3)C3(O)CCCCC3)cc2Cl)c1. The van der Waals surface area contributed by atoms with E-state index in [1.54, 1.807) is 0 Å². The van der Waals surface area contributed by atoms with Crippen LogP contribution in [-0.4, -0.2) is 60.3 Å². The van der Waals surface area contributed by atoms with Crippen molar-refractivity contribution in [3.8, 4) is 5.75 Å². The second-order valence-corrected chi connectivity index (χ2v) is 10.2. The molecule has 174 valence electrons. The van der Waals surface area contributed by atoms with E-state index in [9.17, 15) is 5.11 Å². The topological polar surface area (TPSA) is 35.9 Å². The summed E-state index contributed by atoms with van der Waals surface area (Å²) in [6.45, 7) is 7.72. The van der Waals surface area contributed by atoms with Crippen LogP contribution >= 0.6 is 11.6 Å². The number of likely N-dealkylation sites (N-methyl/N-ethyl adjacent to an activating group) is 1. The monoisotopic (exact) mass is 456 g/mol. The van der Waals surface area contributed by atoms with Gasteiger partial charge < -0.3 is 19.6 Å². The summed E-state index contributed by atoms with van der Waals surface area (Å²) in [6, 6.07) is 14.5. The van der Waals surface area contributed by atoms with Crippen molar-refractivity contribution in [2.75, 3.05) is 39.8 Å². The van der Waals surface area contributed by atoms with Crippen molar-refractivity contribution in [2.45, 2.75) is 57.2 Å². The Kier molecular flexibility index (Phi) is 7.78. The molecule has 2 aromatic carbocycles. The molecular formula is C27H37ClN2O2. The highest BCUT2D eigenvalue weighted by atomic mass is 35.5. The molecule has 4 rings (SSSR count). The lowest BCUT2D eigenvalue weighted by atomic mass is 9.72. The number of rotatable bonds is 7. The highest BCUT2D eigenvalue weighted by Gasteiger charge is 2.40. The quantitative estimate of drug-likeness (QED) is 0.617. The zero-order chi connectivity index (χ0) is 22.6. The van der Waals surface area contributed by atoms with Gasteiger partial charge in [0.2, 0.25) is 0 Å². The highest BCUT2D eigenvalue weighted by Crippen LogP contribution is 2.42. The van der Waals surface area contributed by atoms with E-state index in [1.165, 1.54) is 12.0 Å². The van der Waals surface area contributed by atoms with Gasteiger partial charge >= 0.3 is 0 Å². The molecule has 2 aromatic rings. The van der Waals surface area contributed by atoms with Crippen molar-refractivity contribution in [2.24, 2.45) is 0 Å². The molecule has 0 aromatic heterocycles. The van der Waals surface area contributed by atoms with Gasteiger partial charge in [0.15, 0.2) is 0 Å². The van der Waals surface area contributed by atoms with Gasteiger partial charge in [-0.25, -0.2) is 0 Å². The van der Waals surface area contributed by atoms with Gasteiger partial charge in [0, 0.05) is 38.6 Å². The van der Waals surface area contributed by atoms with E-state index in [1.807, 2.05) is 18.2 Å². The zero-order valence-electron chi connectivity index (χ0n) is 19.5. The first-order valence-electron chi connectivity index (χ1n) is 12.0. The first kappa shape index (κ1) is 23.6. The first-order valence-corrected chi connectivity index (χ1v) is 12.4. The Balaban J connectivity index is 1.51. The summed E-state index contributed by atoms with van der Waals surface area (Å²) in [4.78, 5) is 4.88. The number of aryl methyl sites for hydroxylation is 1. The van der Waals surface area contributed by atoms with Gasteiger partial charge in [0.05, 0.1) is 10.6 Å². The Bertz CT molecular complexity index is 889. The number of ether oxygens (including phenoxy) is 1. The van der Waals surface area contributed by atoms with E-state index in [0.29, 0.717) is 17.4 Å². The molecule has 1 aliphatic carbocycles. The maximum absolute atomic E-state index is 11.7. The van der Waals surface area contributed by atoms with Crippen molar-refractivity contribution >= 4 is 11.6 Å². The second kappa shape index (κ2) is 10.6. The molecule has 2 fully saturated rings. The summed E-state index contributed by atoms with van der Waals surface area (Å²) in [5.41, 5.74) is 2.82. The summed E-state index contributed by atoms with van der Waals surface area (Å²) in [5, 5.41) is 12.3. The minimum absolute atomic E-state index is 0.0644. The molecule has 0 amide bonds. The number of aliphatic hydroxyl groups is 1. The summed E-state index contributed by atoms with van der Waals surface area (Å²) < 4.78 is 6.03. The van der Waals surface area contributed by atoms with Crippen LogP contribution in [0.15, 0.2) is 42.5 Å². The lowest BCUT2D eigenvalue weighted by molar-refractivity contribution is -0.0337. The fourth-order valence-electron chi connectivity index (χ4n) is 5.20. The summed E-state index contributed by atoms with van der Waals surface area (Å²) >= 11 is 6.69. The first-order chi connectivity index (χ1) is 15.4. The maximum atomic E-state index is 11.7. The molecule has 5 heteroatoms. The molecule has 1 aliphatic heterocycles. The van der Waals surface area contributed by atoms with Crippen LogP contribution in [-0.2, 0) is 6.61 Å². The third-order valence-corrected chi connectivity index (χ3v) is 7.54. The molecule has 0 spiro atoms. The van der Waals surface area contributed by atoms with Crippen molar-refractivity contribution in [3.05, 3.63) is 64.2 Å². The van der Waals surface area contributed by atoms with Crippen LogP contribution < -0.4 is 4.74 Å². The molecule has 1 unspecified atom stereocenters. The molecule has 0 radical (unpaired) electrons. The van der Waals surface area contributed by atoms with E-state index in [2.05, 4.69) is 48.0 Å². The lowest BCUT2D eigenvalue weighted by Crippen LogP contribution is -2.50. The number of halogens is 1. The van der Waals surface area contributed by atoms with Crippen molar-refractivity contribution in [3.63, 3.8) is 0 Å². The smallest absolute Gasteiger partial charge is 0.138 e. The molecule has 32 heavy (non-hydrogen) atoms. The fourth-order valence-corrected chi connectivity index (χ4v) is 5.44. The van der Waals surface area contributed by atoms with Gasteiger partial charge in [-0.05, 0) is 50.1 Å². The fraction of sp³-hybridized carbons (Fsp3) is 0.556. The van der Waals surface area contributed by atoms with E-state index in [-0.39, 0.29) is 5.92 Å². The molecular weight excluding hydrogens is 420 g/mol. The van der Waals surface area contributed by atoms with Gasteiger partial charge in [-0.3, -0.25) is 0 Å². The number of benzene rings is 2. The third kappa shape index (κ3) is 5.85. The van der Waals surface area contributed by atoms with Crippen molar-refractivity contribution in [1.29, 1.82) is 0 Å². The zero-order valence-corrected chi connectivity index (χ0v) is 20.3. The molecule has 1 atom stereocenters. The minimum atomic E-state index is -0.658. The molecule has 4 nitrogen and oxygen atoms in total. The highest BCUT2D eigenvalue weighted by molar-refractivity contribution is 6.32. The minimum Gasteiger partial charge on any atom is -0.487 e. The molecule has 1 saturated carbocycles. The number of hydrogen-bond donors (Lipinski definition) is 1. The Morgan fingerprint density at radius 3 is 2.47 bits per heavy atom. The van der Waals surface area contributed by atoms with E-state index in [4.69, 9.17) is 16.3 Å². The van der Waals surface area contributed by atoms with Gasteiger partial charge in [-0.15, -0.1) is 0 Å². The lowest BCUT2D eigenvalue weighted by Gasteiger charge is -2.43. The Labute approximate surface area is 198 Å². The van der Waals surface area contributed by atoms with E-state index < -0.39 is 5.60 Å². The predicted octanol–water partition coefficient (Wildman–Crippen LogP) is 5.25. The van der Waals surface area contributed by atoms with Crippen molar-refractivity contribution in [1.82, 2.24) is 9.80 Å². The molecule has 1 heterocycles. The van der Waals surface area contributed by atoms with Crippen LogP contribution in [0.2, 0.25) is 5.02 Å².